The molecule has 96 valence electrons. The average molecular weight is 244 g/mol. The minimum absolute atomic E-state index is 0.437. The van der Waals surface area contributed by atoms with Crippen LogP contribution in [0.3, 0.4) is 0 Å². The molecule has 0 radical (unpaired) electrons. The van der Waals surface area contributed by atoms with E-state index in [0.717, 1.165) is 11.6 Å². The first kappa shape index (κ1) is 12.8. The number of anilines is 1. The van der Waals surface area contributed by atoms with E-state index in [1.165, 1.54) is 32.1 Å². The molecule has 1 N–H and O–H groups in total. The standard InChI is InChI=1S/C14H20N4/c1-10-4-3-5-12(7-6-10)17-14-16-11(2)8-13(9-15)18-14/h8,10,12H,3-7H2,1-2H3,(H,16,17,18). The van der Waals surface area contributed by atoms with E-state index in [1.807, 2.05) is 6.92 Å². The van der Waals surface area contributed by atoms with Crippen LogP contribution in [-0.2, 0) is 0 Å². The topological polar surface area (TPSA) is 61.6 Å². The summed E-state index contributed by atoms with van der Waals surface area (Å²) in [4.78, 5) is 8.56. The van der Waals surface area contributed by atoms with Crippen molar-refractivity contribution < 1.29 is 0 Å². The molecule has 1 aromatic rings. The Morgan fingerprint density at radius 3 is 2.89 bits per heavy atom. The second kappa shape index (κ2) is 5.81. The van der Waals surface area contributed by atoms with Crippen LogP contribution in [0, 0.1) is 24.2 Å². The van der Waals surface area contributed by atoms with E-state index < -0.39 is 0 Å². The van der Waals surface area contributed by atoms with E-state index in [-0.39, 0.29) is 0 Å². The fourth-order valence-electron chi connectivity index (χ4n) is 2.50. The first-order valence-electron chi connectivity index (χ1n) is 6.69. The van der Waals surface area contributed by atoms with E-state index in [0.29, 0.717) is 17.7 Å². The molecule has 0 aromatic carbocycles. The molecule has 1 heterocycles. The highest BCUT2D eigenvalue weighted by molar-refractivity contribution is 5.33. The molecular formula is C14H20N4. The van der Waals surface area contributed by atoms with Crippen LogP contribution in [0.15, 0.2) is 6.07 Å². The molecule has 2 rings (SSSR count). The Kier molecular flexibility index (Phi) is 4.14. The van der Waals surface area contributed by atoms with E-state index in [4.69, 9.17) is 5.26 Å². The number of nitriles is 1. The van der Waals surface area contributed by atoms with Crippen LogP contribution in [0.4, 0.5) is 5.95 Å². The maximum atomic E-state index is 8.90. The van der Waals surface area contributed by atoms with Crippen molar-refractivity contribution in [1.82, 2.24) is 9.97 Å². The molecule has 0 aliphatic heterocycles. The van der Waals surface area contributed by atoms with Crippen LogP contribution in [0.5, 0.6) is 0 Å². The van der Waals surface area contributed by atoms with Gasteiger partial charge in [-0.2, -0.15) is 5.26 Å². The van der Waals surface area contributed by atoms with Gasteiger partial charge in [0.2, 0.25) is 5.95 Å². The minimum atomic E-state index is 0.437. The highest BCUT2D eigenvalue weighted by Gasteiger charge is 2.17. The molecule has 2 atom stereocenters. The third-order valence-electron chi connectivity index (χ3n) is 3.56. The molecule has 18 heavy (non-hydrogen) atoms. The second-order valence-electron chi connectivity index (χ2n) is 5.28. The predicted molar refractivity (Wildman–Crippen MR) is 71.1 cm³/mol. The van der Waals surface area contributed by atoms with E-state index in [1.54, 1.807) is 6.07 Å². The van der Waals surface area contributed by atoms with Gasteiger partial charge >= 0.3 is 0 Å². The molecule has 4 nitrogen and oxygen atoms in total. The maximum absolute atomic E-state index is 8.90. The molecule has 1 aliphatic rings. The molecule has 1 fully saturated rings. The fourth-order valence-corrected chi connectivity index (χ4v) is 2.50. The summed E-state index contributed by atoms with van der Waals surface area (Å²) in [5.74, 6) is 1.43. The zero-order valence-corrected chi connectivity index (χ0v) is 11.1. The smallest absolute Gasteiger partial charge is 0.224 e. The van der Waals surface area contributed by atoms with Crippen LogP contribution >= 0.6 is 0 Å². The maximum Gasteiger partial charge on any atom is 0.224 e. The summed E-state index contributed by atoms with van der Waals surface area (Å²) in [5, 5.41) is 12.3. The van der Waals surface area contributed by atoms with Crippen molar-refractivity contribution in [3.63, 3.8) is 0 Å². The Balaban J connectivity index is 2.04. The Labute approximate surface area is 108 Å². The van der Waals surface area contributed by atoms with Crippen LogP contribution in [0.2, 0.25) is 0 Å². The van der Waals surface area contributed by atoms with E-state index in [2.05, 4.69) is 28.3 Å². The lowest BCUT2D eigenvalue weighted by atomic mass is 10.0. The van der Waals surface area contributed by atoms with E-state index >= 15 is 0 Å². The summed E-state index contributed by atoms with van der Waals surface area (Å²) in [7, 11) is 0. The van der Waals surface area contributed by atoms with Gasteiger partial charge in [0.25, 0.3) is 0 Å². The number of aryl methyl sites for hydroxylation is 1. The largest absolute Gasteiger partial charge is 0.351 e. The van der Waals surface area contributed by atoms with Gasteiger partial charge in [0.05, 0.1) is 0 Å². The lowest BCUT2D eigenvalue weighted by Gasteiger charge is -2.16. The van der Waals surface area contributed by atoms with Gasteiger partial charge in [-0.25, -0.2) is 9.97 Å². The van der Waals surface area contributed by atoms with Crippen molar-refractivity contribution >= 4 is 5.95 Å². The summed E-state index contributed by atoms with van der Waals surface area (Å²) in [6.07, 6.45) is 6.17. The third kappa shape index (κ3) is 3.43. The minimum Gasteiger partial charge on any atom is -0.351 e. The zero-order valence-electron chi connectivity index (χ0n) is 11.1. The van der Waals surface area contributed by atoms with Crippen molar-refractivity contribution in [2.45, 2.75) is 52.0 Å². The molecule has 0 amide bonds. The average Bonchev–Trinajstić information content (AvgIpc) is 2.54. The Bertz CT molecular complexity index is 450. The Morgan fingerprint density at radius 1 is 1.28 bits per heavy atom. The Morgan fingerprint density at radius 2 is 2.11 bits per heavy atom. The molecule has 0 bridgehead atoms. The van der Waals surface area contributed by atoms with Crippen molar-refractivity contribution in [3.8, 4) is 6.07 Å². The third-order valence-corrected chi connectivity index (χ3v) is 3.56. The molecule has 1 saturated carbocycles. The normalized spacial score (nSPS) is 24.1. The second-order valence-corrected chi connectivity index (χ2v) is 5.28. The molecule has 1 aromatic heterocycles. The summed E-state index contributed by atoms with van der Waals surface area (Å²) >= 11 is 0. The first-order valence-corrected chi connectivity index (χ1v) is 6.69. The zero-order chi connectivity index (χ0) is 13.0. The molecule has 4 heteroatoms. The molecule has 2 unspecified atom stereocenters. The van der Waals surface area contributed by atoms with Gasteiger partial charge in [0, 0.05) is 11.7 Å². The molecule has 0 spiro atoms. The van der Waals surface area contributed by atoms with Crippen molar-refractivity contribution in [2.75, 3.05) is 5.32 Å². The van der Waals surface area contributed by atoms with Gasteiger partial charge in [-0.3, -0.25) is 0 Å². The van der Waals surface area contributed by atoms with Crippen LogP contribution in [-0.4, -0.2) is 16.0 Å². The molecule has 0 saturated heterocycles. The number of hydrogen-bond donors (Lipinski definition) is 1. The summed E-state index contributed by atoms with van der Waals surface area (Å²) < 4.78 is 0. The lowest BCUT2D eigenvalue weighted by molar-refractivity contribution is 0.501. The van der Waals surface area contributed by atoms with Crippen molar-refractivity contribution in [3.05, 3.63) is 17.5 Å². The number of rotatable bonds is 2. The summed E-state index contributed by atoms with van der Waals surface area (Å²) in [5.41, 5.74) is 1.28. The van der Waals surface area contributed by atoms with Crippen molar-refractivity contribution in [1.29, 1.82) is 5.26 Å². The Hall–Kier alpha value is -1.63. The monoisotopic (exact) mass is 244 g/mol. The van der Waals surface area contributed by atoms with Gasteiger partial charge in [0.15, 0.2) is 0 Å². The molecular weight excluding hydrogens is 224 g/mol. The number of nitrogens with zero attached hydrogens (tertiary/aromatic N) is 3. The van der Waals surface area contributed by atoms with Gasteiger partial charge < -0.3 is 5.32 Å². The quantitative estimate of drug-likeness (QED) is 0.812. The van der Waals surface area contributed by atoms with Crippen molar-refractivity contribution in [2.24, 2.45) is 5.92 Å². The van der Waals surface area contributed by atoms with Gasteiger partial charge in [-0.05, 0) is 38.2 Å². The first-order chi connectivity index (χ1) is 8.67. The van der Waals surface area contributed by atoms with Crippen LogP contribution < -0.4 is 5.32 Å². The highest BCUT2D eigenvalue weighted by Crippen LogP contribution is 2.24. The highest BCUT2D eigenvalue weighted by atomic mass is 15.1. The number of nitrogens with one attached hydrogen (secondary N) is 1. The van der Waals surface area contributed by atoms with Crippen LogP contribution in [0.1, 0.15) is 50.4 Å². The number of aromatic nitrogens is 2. The van der Waals surface area contributed by atoms with E-state index in [9.17, 15) is 0 Å². The molecule has 1 aliphatic carbocycles. The van der Waals surface area contributed by atoms with Crippen LogP contribution in [0.25, 0.3) is 0 Å². The summed E-state index contributed by atoms with van der Waals surface area (Å²) in [6.45, 7) is 4.21. The predicted octanol–water partition coefficient (Wildman–Crippen LogP) is 3.04. The SMILES string of the molecule is Cc1cc(C#N)nc(NC2CCCC(C)CC2)n1. The lowest BCUT2D eigenvalue weighted by Crippen LogP contribution is -2.20. The number of hydrogen-bond acceptors (Lipinski definition) is 4. The fraction of sp³-hybridized carbons (Fsp3) is 0.643. The summed E-state index contributed by atoms with van der Waals surface area (Å²) in [6, 6.07) is 4.23. The van der Waals surface area contributed by atoms with Gasteiger partial charge in [0.1, 0.15) is 11.8 Å². The van der Waals surface area contributed by atoms with Gasteiger partial charge in [-0.15, -0.1) is 0 Å². The van der Waals surface area contributed by atoms with Gasteiger partial charge in [-0.1, -0.05) is 19.8 Å².